The molecule has 0 spiro atoms. The van der Waals surface area contributed by atoms with E-state index in [2.05, 4.69) is 21.4 Å². The molecule has 40 valence electrons. The summed E-state index contributed by atoms with van der Waals surface area (Å²) in [5.41, 5.74) is 0. The predicted octanol–water partition coefficient (Wildman–Crippen LogP) is 1.29. The summed E-state index contributed by atoms with van der Waals surface area (Å²) < 4.78 is 18.3. The van der Waals surface area contributed by atoms with E-state index in [-0.39, 0.29) is 17.0 Å². The minimum atomic E-state index is -3.72. The molecular formula is HBrCl2O2S. The summed E-state index contributed by atoms with van der Waals surface area (Å²) in [5.74, 6) is 0. The van der Waals surface area contributed by atoms with Crippen molar-refractivity contribution in [1.29, 1.82) is 0 Å². The lowest BCUT2D eigenvalue weighted by Gasteiger charge is -1.61. The van der Waals surface area contributed by atoms with Crippen molar-refractivity contribution in [3.63, 3.8) is 0 Å². The Morgan fingerprint density at radius 2 is 1.17 bits per heavy atom. The monoisotopic (exact) mass is 214 g/mol. The van der Waals surface area contributed by atoms with E-state index in [1.54, 1.807) is 0 Å². The molecule has 0 aliphatic carbocycles. The molecular weight excluding hydrogens is 215 g/mol. The van der Waals surface area contributed by atoms with Crippen molar-refractivity contribution < 1.29 is 8.42 Å². The minimum Gasteiger partial charge on any atom is -0.195 e. The van der Waals surface area contributed by atoms with Gasteiger partial charge in [0.05, 0.1) is 0 Å². The summed E-state index contributed by atoms with van der Waals surface area (Å²) in [6, 6.07) is 0. The van der Waals surface area contributed by atoms with Crippen molar-refractivity contribution in [2.75, 3.05) is 0 Å². The van der Waals surface area contributed by atoms with Crippen LogP contribution in [-0.4, -0.2) is 8.42 Å². The van der Waals surface area contributed by atoms with Gasteiger partial charge in [-0.2, -0.15) is 8.42 Å². The average molecular weight is 216 g/mol. The lowest BCUT2D eigenvalue weighted by molar-refractivity contribution is 0.621. The van der Waals surface area contributed by atoms with Gasteiger partial charge in [0.2, 0.25) is 0 Å². The molecule has 0 amide bonds. The molecule has 0 unspecified atom stereocenters. The molecule has 0 aromatic heterocycles. The van der Waals surface area contributed by atoms with Gasteiger partial charge in [0.15, 0.2) is 0 Å². The number of hydrogen-bond acceptors (Lipinski definition) is 2. The van der Waals surface area contributed by atoms with E-state index in [0.717, 1.165) is 0 Å². The first-order valence-corrected chi connectivity index (χ1v) is 3.78. The van der Waals surface area contributed by atoms with Gasteiger partial charge in [0.1, 0.15) is 0 Å². The maximum atomic E-state index is 9.16. The topological polar surface area (TPSA) is 34.1 Å². The SMILES string of the molecule is Br.O=S(=O)(Cl)Cl. The van der Waals surface area contributed by atoms with E-state index in [1.807, 2.05) is 0 Å². The van der Waals surface area contributed by atoms with Gasteiger partial charge in [-0.05, 0) is 0 Å². The van der Waals surface area contributed by atoms with Gasteiger partial charge in [0.25, 0.3) is 0 Å². The van der Waals surface area contributed by atoms with E-state index in [4.69, 9.17) is 8.42 Å². The lowest BCUT2D eigenvalue weighted by atomic mass is 15.9. The fourth-order valence-corrected chi connectivity index (χ4v) is 0. The first-order chi connectivity index (χ1) is 2.00. The van der Waals surface area contributed by atoms with E-state index < -0.39 is 8.26 Å². The van der Waals surface area contributed by atoms with Crippen LogP contribution in [0.4, 0.5) is 0 Å². The first-order valence-electron chi connectivity index (χ1n) is 0.642. The van der Waals surface area contributed by atoms with E-state index in [1.165, 1.54) is 0 Å². The third kappa shape index (κ3) is 79.0. The molecule has 0 N–H and O–H groups in total. The number of rotatable bonds is 0. The largest absolute Gasteiger partial charge is 0.317 e. The van der Waals surface area contributed by atoms with Crippen LogP contribution < -0.4 is 0 Å². The standard InChI is InChI=1S/BrH.Cl2O2S/c;1-5(2,3)4/h1H;. The Balaban J connectivity index is 0. The van der Waals surface area contributed by atoms with Crippen LogP contribution in [0.1, 0.15) is 0 Å². The molecule has 0 saturated carbocycles. The molecule has 0 bridgehead atoms. The zero-order chi connectivity index (χ0) is 4.50. The van der Waals surface area contributed by atoms with Crippen molar-refractivity contribution in [3.05, 3.63) is 0 Å². The van der Waals surface area contributed by atoms with Crippen LogP contribution in [0.5, 0.6) is 0 Å². The van der Waals surface area contributed by atoms with Crippen LogP contribution in [0.25, 0.3) is 0 Å². The Kier molecular flexibility index (Phi) is 5.16. The van der Waals surface area contributed by atoms with Gasteiger partial charge in [-0.15, -0.1) is 17.0 Å². The fourth-order valence-electron chi connectivity index (χ4n) is 0. The van der Waals surface area contributed by atoms with E-state index >= 15 is 0 Å². The summed E-state index contributed by atoms with van der Waals surface area (Å²) in [6.45, 7) is 0. The molecule has 0 fully saturated rings. The normalized spacial score (nSPS) is 9.67. The second-order valence-electron chi connectivity index (χ2n) is 0.378. The predicted molar refractivity (Wildman–Crippen MR) is 30.9 cm³/mol. The van der Waals surface area contributed by atoms with Crippen LogP contribution >= 0.6 is 38.3 Å². The molecule has 0 atom stereocenters. The smallest absolute Gasteiger partial charge is 0.195 e. The van der Waals surface area contributed by atoms with Gasteiger partial charge in [-0.1, -0.05) is 0 Å². The molecule has 6 heavy (non-hydrogen) atoms. The maximum Gasteiger partial charge on any atom is 0.317 e. The summed E-state index contributed by atoms with van der Waals surface area (Å²) >= 11 is 0. The van der Waals surface area contributed by atoms with Gasteiger partial charge in [-0.3, -0.25) is 0 Å². The third-order valence-corrected chi connectivity index (χ3v) is 0. The molecule has 0 aliphatic heterocycles. The summed E-state index contributed by atoms with van der Waals surface area (Å²) in [6.07, 6.45) is 0. The Bertz CT molecular complexity index is 94.7. The highest BCUT2D eigenvalue weighted by Crippen LogP contribution is 1.98. The molecule has 0 radical (unpaired) electrons. The molecule has 2 nitrogen and oxygen atoms in total. The zero-order valence-corrected chi connectivity index (χ0v) is 6.43. The number of halogens is 3. The summed E-state index contributed by atoms with van der Waals surface area (Å²) in [7, 11) is 4.81. The Labute approximate surface area is 55.1 Å². The summed E-state index contributed by atoms with van der Waals surface area (Å²) in [5, 5.41) is 0. The van der Waals surface area contributed by atoms with Crippen LogP contribution in [-0.2, 0) is 8.26 Å². The molecule has 0 aromatic rings. The third-order valence-electron chi connectivity index (χ3n) is 0. The molecule has 6 heteroatoms. The fraction of sp³-hybridized carbons (Fsp3) is 0. The van der Waals surface area contributed by atoms with Crippen molar-refractivity contribution in [2.24, 2.45) is 0 Å². The molecule has 0 saturated heterocycles. The lowest BCUT2D eigenvalue weighted by Crippen LogP contribution is -1.63. The minimum absolute atomic E-state index is 0. The number of hydrogen-bond donors (Lipinski definition) is 0. The van der Waals surface area contributed by atoms with Gasteiger partial charge in [-0.25, -0.2) is 0 Å². The van der Waals surface area contributed by atoms with Crippen LogP contribution in [0.15, 0.2) is 0 Å². The Morgan fingerprint density at radius 3 is 1.17 bits per heavy atom. The zero-order valence-electron chi connectivity index (χ0n) is 2.39. The highest BCUT2D eigenvalue weighted by atomic mass is 79.9. The van der Waals surface area contributed by atoms with Crippen LogP contribution in [0.3, 0.4) is 0 Å². The summed E-state index contributed by atoms with van der Waals surface area (Å²) in [4.78, 5) is 0. The second kappa shape index (κ2) is 3.07. The maximum absolute atomic E-state index is 9.16. The Morgan fingerprint density at radius 1 is 1.17 bits per heavy atom. The Hall–Kier alpha value is 1.01. The van der Waals surface area contributed by atoms with Crippen LogP contribution in [0.2, 0.25) is 0 Å². The molecule has 0 heterocycles. The molecule has 0 aromatic carbocycles. The van der Waals surface area contributed by atoms with Gasteiger partial charge in [0, 0.05) is 21.4 Å². The highest BCUT2D eigenvalue weighted by Gasteiger charge is 1.88. The van der Waals surface area contributed by atoms with Gasteiger partial charge < -0.3 is 0 Å². The van der Waals surface area contributed by atoms with E-state index in [0.29, 0.717) is 0 Å². The average Bonchev–Trinajstić information content (AvgIpc) is 0.722. The molecule has 0 aliphatic rings. The van der Waals surface area contributed by atoms with Crippen molar-refractivity contribution in [1.82, 2.24) is 0 Å². The van der Waals surface area contributed by atoms with Gasteiger partial charge >= 0.3 is 8.26 Å². The quantitative estimate of drug-likeness (QED) is 0.571. The van der Waals surface area contributed by atoms with Crippen LogP contribution in [0, 0.1) is 0 Å². The van der Waals surface area contributed by atoms with E-state index in [9.17, 15) is 0 Å². The van der Waals surface area contributed by atoms with Crippen molar-refractivity contribution >= 4 is 46.6 Å². The first kappa shape index (κ1) is 10.1. The molecule has 0 rings (SSSR count). The van der Waals surface area contributed by atoms with Crippen molar-refractivity contribution in [2.45, 2.75) is 0 Å². The van der Waals surface area contributed by atoms with Crippen molar-refractivity contribution in [3.8, 4) is 0 Å². The highest BCUT2D eigenvalue weighted by molar-refractivity contribution is 8.93. The second-order valence-corrected chi connectivity index (χ2v) is 4.05.